The topological polar surface area (TPSA) is 20.2 Å². The number of hydrogen-bond acceptors (Lipinski definition) is 1. The Morgan fingerprint density at radius 3 is 2.08 bits per heavy atom. The number of aryl methyl sites for hydroxylation is 1. The third-order valence-electron chi connectivity index (χ3n) is 1.96. The molecule has 0 saturated heterocycles. The van der Waals surface area contributed by atoms with Gasteiger partial charge in [-0.25, -0.2) is 0 Å². The second-order valence-corrected chi connectivity index (χ2v) is 4.27. The van der Waals surface area contributed by atoms with Crippen LogP contribution in [0.2, 0.25) is 0 Å². The molecule has 1 rings (SSSR count). The number of phenolic OH excluding ortho intramolecular Hbond substituents is 1. The van der Waals surface area contributed by atoms with E-state index in [0.29, 0.717) is 5.75 Å². The largest absolute Gasteiger partial charge is 0.508 e. The van der Waals surface area contributed by atoms with Crippen molar-refractivity contribution in [2.45, 2.75) is 33.1 Å². The summed E-state index contributed by atoms with van der Waals surface area (Å²) in [6.07, 6.45) is 0. The Kier molecular flexibility index (Phi) is 3.86. The van der Waals surface area contributed by atoms with Crippen LogP contribution in [0.15, 0.2) is 18.2 Å². The first-order valence-electron chi connectivity index (χ1n) is 4.21. The molecule has 1 aromatic rings. The van der Waals surface area contributed by atoms with Crippen LogP contribution in [0.25, 0.3) is 0 Å². The molecule has 0 amide bonds. The minimum Gasteiger partial charge on any atom is -0.508 e. The van der Waals surface area contributed by atoms with Gasteiger partial charge in [0.15, 0.2) is 0 Å². The highest BCUT2D eigenvalue weighted by molar-refractivity contribution is 7.59. The summed E-state index contributed by atoms with van der Waals surface area (Å²) in [5, 5.41) is 9.57. The molecule has 0 radical (unpaired) electrons. The average Bonchev–Trinajstić information content (AvgIpc) is 1.92. The molecular formula is C11H18OS. The minimum absolute atomic E-state index is 0. The lowest BCUT2D eigenvalue weighted by atomic mass is 9.85. The lowest BCUT2D eigenvalue weighted by Gasteiger charge is -2.20. The normalized spacial score (nSPS) is 10.8. The van der Waals surface area contributed by atoms with Crippen molar-refractivity contribution in [3.8, 4) is 5.75 Å². The molecule has 0 saturated carbocycles. The zero-order valence-corrected chi connectivity index (χ0v) is 9.68. The SMILES string of the molecule is Cc1ccc(O)c(C(C)(C)C)c1.S. The summed E-state index contributed by atoms with van der Waals surface area (Å²) < 4.78 is 0. The molecule has 0 bridgehead atoms. The van der Waals surface area contributed by atoms with Gasteiger partial charge >= 0.3 is 0 Å². The van der Waals surface area contributed by atoms with Gasteiger partial charge < -0.3 is 5.11 Å². The molecule has 74 valence electrons. The number of hydrogen-bond donors (Lipinski definition) is 1. The molecule has 0 aromatic heterocycles. The van der Waals surface area contributed by atoms with Crippen LogP contribution >= 0.6 is 13.5 Å². The summed E-state index contributed by atoms with van der Waals surface area (Å²) >= 11 is 0. The van der Waals surface area contributed by atoms with E-state index in [2.05, 4.69) is 20.8 Å². The van der Waals surface area contributed by atoms with Crippen LogP contribution in [0.5, 0.6) is 5.75 Å². The fourth-order valence-electron chi connectivity index (χ4n) is 1.25. The molecule has 13 heavy (non-hydrogen) atoms. The lowest BCUT2D eigenvalue weighted by molar-refractivity contribution is 0.446. The molecular weight excluding hydrogens is 180 g/mol. The molecule has 0 aliphatic heterocycles. The van der Waals surface area contributed by atoms with Crippen LogP contribution < -0.4 is 0 Å². The molecule has 1 aromatic carbocycles. The highest BCUT2D eigenvalue weighted by atomic mass is 32.1. The summed E-state index contributed by atoms with van der Waals surface area (Å²) in [5.74, 6) is 0.396. The average molecular weight is 198 g/mol. The van der Waals surface area contributed by atoms with E-state index in [4.69, 9.17) is 0 Å². The zero-order valence-electron chi connectivity index (χ0n) is 8.68. The van der Waals surface area contributed by atoms with Crippen molar-refractivity contribution in [2.75, 3.05) is 0 Å². The van der Waals surface area contributed by atoms with Gasteiger partial charge in [-0.15, -0.1) is 0 Å². The van der Waals surface area contributed by atoms with Crippen molar-refractivity contribution < 1.29 is 5.11 Å². The van der Waals surface area contributed by atoms with E-state index in [1.165, 1.54) is 5.56 Å². The number of rotatable bonds is 0. The summed E-state index contributed by atoms with van der Waals surface area (Å²) in [7, 11) is 0. The summed E-state index contributed by atoms with van der Waals surface area (Å²) in [4.78, 5) is 0. The smallest absolute Gasteiger partial charge is 0.119 e. The van der Waals surface area contributed by atoms with Crippen molar-refractivity contribution in [3.05, 3.63) is 29.3 Å². The van der Waals surface area contributed by atoms with Gasteiger partial charge in [0.05, 0.1) is 0 Å². The van der Waals surface area contributed by atoms with Gasteiger partial charge in [0.2, 0.25) is 0 Å². The predicted molar refractivity (Wildman–Crippen MR) is 61.9 cm³/mol. The van der Waals surface area contributed by atoms with Crippen LogP contribution in [0.4, 0.5) is 0 Å². The minimum atomic E-state index is 0. The Morgan fingerprint density at radius 2 is 1.69 bits per heavy atom. The quantitative estimate of drug-likeness (QED) is 0.679. The van der Waals surface area contributed by atoms with Gasteiger partial charge in [-0.1, -0.05) is 38.5 Å². The maximum atomic E-state index is 9.57. The molecule has 2 heteroatoms. The Hall–Kier alpha value is -0.630. The molecule has 0 aliphatic carbocycles. The second kappa shape index (κ2) is 4.05. The van der Waals surface area contributed by atoms with Gasteiger partial charge in [-0.05, 0) is 24.0 Å². The van der Waals surface area contributed by atoms with Crippen LogP contribution in [0, 0.1) is 6.92 Å². The van der Waals surface area contributed by atoms with E-state index in [1.807, 2.05) is 19.1 Å². The number of aromatic hydroxyl groups is 1. The first kappa shape index (κ1) is 12.4. The first-order valence-corrected chi connectivity index (χ1v) is 4.21. The van der Waals surface area contributed by atoms with Gasteiger partial charge in [0.25, 0.3) is 0 Å². The van der Waals surface area contributed by atoms with Gasteiger partial charge in [-0.3, -0.25) is 0 Å². The molecule has 0 fully saturated rings. The maximum Gasteiger partial charge on any atom is 0.119 e. The van der Waals surface area contributed by atoms with Crippen molar-refractivity contribution in [1.29, 1.82) is 0 Å². The van der Waals surface area contributed by atoms with E-state index < -0.39 is 0 Å². The molecule has 0 atom stereocenters. The van der Waals surface area contributed by atoms with Crippen LogP contribution in [-0.4, -0.2) is 5.11 Å². The lowest BCUT2D eigenvalue weighted by Crippen LogP contribution is -2.11. The second-order valence-electron chi connectivity index (χ2n) is 4.27. The number of phenols is 1. The predicted octanol–water partition coefficient (Wildman–Crippen LogP) is 3.11. The van der Waals surface area contributed by atoms with Crippen molar-refractivity contribution in [2.24, 2.45) is 0 Å². The zero-order chi connectivity index (χ0) is 9.35. The van der Waals surface area contributed by atoms with E-state index in [0.717, 1.165) is 5.56 Å². The van der Waals surface area contributed by atoms with Crippen LogP contribution in [-0.2, 0) is 5.41 Å². The molecule has 0 spiro atoms. The number of benzene rings is 1. The van der Waals surface area contributed by atoms with Crippen molar-refractivity contribution in [1.82, 2.24) is 0 Å². The van der Waals surface area contributed by atoms with Crippen molar-refractivity contribution in [3.63, 3.8) is 0 Å². The van der Waals surface area contributed by atoms with Crippen LogP contribution in [0.3, 0.4) is 0 Å². The Morgan fingerprint density at radius 1 is 1.15 bits per heavy atom. The fourth-order valence-corrected chi connectivity index (χ4v) is 1.25. The third kappa shape index (κ3) is 2.96. The molecule has 0 aliphatic rings. The summed E-state index contributed by atoms with van der Waals surface area (Å²) in [5.41, 5.74) is 2.23. The Bertz CT molecular complexity index is 287. The first-order chi connectivity index (χ1) is 5.41. The van der Waals surface area contributed by atoms with Gasteiger partial charge in [0, 0.05) is 0 Å². The van der Waals surface area contributed by atoms with E-state index in [-0.39, 0.29) is 18.9 Å². The monoisotopic (exact) mass is 198 g/mol. The van der Waals surface area contributed by atoms with Gasteiger partial charge in [0.1, 0.15) is 5.75 Å². The van der Waals surface area contributed by atoms with Crippen molar-refractivity contribution >= 4 is 13.5 Å². The van der Waals surface area contributed by atoms with E-state index >= 15 is 0 Å². The molecule has 1 nitrogen and oxygen atoms in total. The van der Waals surface area contributed by atoms with E-state index in [9.17, 15) is 5.11 Å². The highest BCUT2D eigenvalue weighted by Crippen LogP contribution is 2.30. The third-order valence-corrected chi connectivity index (χ3v) is 1.96. The molecule has 1 N–H and O–H groups in total. The van der Waals surface area contributed by atoms with Crippen LogP contribution in [0.1, 0.15) is 31.9 Å². The molecule has 0 unspecified atom stereocenters. The molecule has 0 heterocycles. The Balaban J connectivity index is 0.00000144. The van der Waals surface area contributed by atoms with E-state index in [1.54, 1.807) is 6.07 Å². The summed E-state index contributed by atoms with van der Waals surface area (Å²) in [6.45, 7) is 8.33. The summed E-state index contributed by atoms with van der Waals surface area (Å²) in [6, 6.07) is 5.72. The Labute approximate surface area is 87.2 Å². The highest BCUT2D eigenvalue weighted by Gasteiger charge is 2.17. The van der Waals surface area contributed by atoms with Gasteiger partial charge in [-0.2, -0.15) is 13.5 Å². The fraction of sp³-hybridized carbons (Fsp3) is 0.455. The standard InChI is InChI=1S/C11H16O.H2S/c1-8-5-6-10(12)9(7-8)11(2,3)4;/h5-7,12H,1-4H3;1H2. The maximum absolute atomic E-state index is 9.57.